The Bertz CT molecular complexity index is 465. The predicted octanol–water partition coefficient (Wildman–Crippen LogP) is 1.66. The molecule has 0 radical (unpaired) electrons. The van der Waals surface area contributed by atoms with Gasteiger partial charge in [0.15, 0.2) is 5.03 Å². The number of hydrogen-bond acceptors (Lipinski definition) is 3. The zero-order valence-corrected chi connectivity index (χ0v) is 11.0. The molecule has 1 unspecified atom stereocenters. The van der Waals surface area contributed by atoms with E-state index in [-0.39, 0.29) is 16.5 Å². The standard InChI is InChI=1S/C11H19N3O2S/c1-11(2)6-4-3-5-9(11)14-17(15,16)10-7-12-8-13-10/h7-9,14H,3-6H2,1-2H3,(H,12,13). The van der Waals surface area contributed by atoms with Gasteiger partial charge in [-0.2, -0.15) is 0 Å². The third-order valence-corrected chi connectivity index (χ3v) is 4.96. The lowest BCUT2D eigenvalue weighted by atomic mass is 9.74. The van der Waals surface area contributed by atoms with Crippen LogP contribution in [0.25, 0.3) is 0 Å². The minimum atomic E-state index is -3.46. The first-order chi connectivity index (χ1) is 7.92. The minimum Gasteiger partial charge on any atom is -0.335 e. The molecule has 0 aromatic carbocycles. The zero-order valence-electron chi connectivity index (χ0n) is 10.2. The van der Waals surface area contributed by atoms with Crippen molar-refractivity contribution in [3.05, 3.63) is 12.5 Å². The molecular weight excluding hydrogens is 238 g/mol. The van der Waals surface area contributed by atoms with Gasteiger partial charge in [0.05, 0.1) is 12.5 Å². The SMILES string of the molecule is CC1(C)CCCCC1NS(=O)(=O)c1cnc[nH]1. The van der Waals surface area contributed by atoms with Gasteiger partial charge in [-0.05, 0) is 18.3 Å². The van der Waals surface area contributed by atoms with Crippen molar-refractivity contribution in [2.24, 2.45) is 5.41 Å². The van der Waals surface area contributed by atoms with Gasteiger partial charge in [-0.3, -0.25) is 0 Å². The van der Waals surface area contributed by atoms with Gasteiger partial charge in [-0.1, -0.05) is 26.7 Å². The Morgan fingerprint density at radius 2 is 2.24 bits per heavy atom. The molecule has 6 heteroatoms. The first-order valence-electron chi connectivity index (χ1n) is 5.92. The third kappa shape index (κ3) is 2.69. The van der Waals surface area contributed by atoms with Crippen molar-refractivity contribution in [2.75, 3.05) is 0 Å². The summed E-state index contributed by atoms with van der Waals surface area (Å²) in [5, 5.41) is 0.138. The van der Waals surface area contributed by atoms with Crippen molar-refractivity contribution in [3.8, 4) is 0 Å². The average molecular weight is 257 g/mol. The highest BCUT2D eigenvalue weighted by atomic mass is 32.2. The first kappa shape index (κ1) is 12.6. The van der Waals surface area contributed by atoms with E-state index in [2.05, 4.69) is 28.5 Å². The van der Waals surface area contributed by atoms with Gasteiger partial charge in [-0.15, -0.1) is 0 Å². The fourth-order valence-corrected chi connectivity index (χ4v) is 3.70. The molecule has 1 heterocycles. The van der Waals surface area contributed by atoms with Crippen LogP contribution in [0.15, 0.2) is 17.6 Å². The van der Waals surface area contributed by atoms with Crippen molar-refractivity contribution in [1.29, 1.82) is 0 Å². The monoisotopic (exact) mass is 257 g/mol. The second-order valence-electron chi connectivity index (χ2n) is 5.32. The molecule has 0 bridgehead atoms. The Morgan fingerprint density at radius 1 is 1.47 bits per heavy atom. The smallest absolute Gasteiger partial charge is 0.257 e. The van der Waals surface area contributed by atoms with Gasteiger partial charge in [-0.25, -0.2) is 18.1 Å². The number of imidazole rings is 1. The summed E-state index contributed by atoms with van der Waals surface area (Å²) in [5.41, 5.74) is 0.0192. The molecule has 1 aromatic rings. The number of sulfonamides is 1. The molecule has 96 valence electrons. The summed E-state index contributed by atoms with van der Waals surface area (Å²) in [5.74, 6) is 0. The zero-order chi connectivity index (χ0) is 12.5. The molecule has 0 saturated heterocycles. The van der Waals surface area contributed by atoms with E-state index in [4.69, 9.17) is 0 Å². The molecule has 1 aromatic heterocycles. The molecule has 1 aliphatic rings. The summed E-state index contributed by atoms with van der Waals surface area (Å²) in [6, 6.07) is 0.00421. The van der Waals surface area contributed by atoms with E-state index >= 15 is 0 Å². The third-order valence-electron chi connectivity index (χ3n) is 3.57. The van der Waals surface area contributed by atoms with Crippen LogP contribution in [0.3, 0.4) is 0 Å². The largest absolute Gasteiger partial charge is 0.335 e. The summed E-state index contributed by atoms with van der Waals surface area (Å²) >= 11 is 0. The normalized spacial score (nSPS) is 24.7. The lowest BCUT2D eigenvalue weighted by molar-refractivity contribution is 0.188. The highest BCUT2D eigenvalue weighted by Gasteiger charge is 2.35. The van der Waals surface area contributed by atoms with E-state index in [0.29, 0.717) is 0 Å². The maximum absolute atomic E-state index is 12.1. The second-order valence-corrected chi connectivity index (χ2v) is 7.01. The Hall–Kier alpha value is -0.880. The van der Waals surface area contributed by atoms with E-state index in [1.807, 2.05) is 0 Å². The fraction of sp³-hybridized carbons (Fsp3) is 0.727. The summed E-state index contributed by atoms with van der Waals surface area (Å²) in [6.07, 6.45) is 6.93. The Morgan fingerprint density at radius 3 is 2.82 bits per heavy atom. The number of aromatic amines is 1. The van der Waals surface area contributed by atoms with Crippen molar-refractivity contribution < 1.29 is 8.42 Å². The van der Waals surface area contributed by atoms with Crippen LogP contribution in [0.5, 0.6) is 0 Å². The lowest BCUT2D eigenvalue weighted by Crippen LogP contribution is -2.46. The second kappa shape index (κ2) is 4.42. The van der Waals surface area contributed by atoms with Gasteiger partial charge in [0, 0.05) is 6.04 Å². The summed E-state index contributed by atoms with van der Waals surface area (Å²) < 4.78 is 26.9. The van der Waals surface area contributed by atoms with Gasteiger partial charge < -0.3 is 4.98 Å². The van der Waals surface area contributed by atoms with Gasteiger partial charge in [0.25, 0.3) is 10.0 Å². The highest BCUT2D eigenvalue weighted by Crippen LogP contribution is 2.36. The van der Waals surface area contributed by atoms with Crippen LogP contribution in [0.2, 0.25) is 0 Å². The Kier molecular flexibility index (Phi) is 3.27. The van der Waals surface area contributed by atoms with Gasteiger partial charge in [0.1, 0.15) is 0 Å². The number of H-pyrrole nitrogens is 1. The molecule has 0 spiro atoms. The predicted molar refractivity (Wildman–Crippen MR) is 64.9 cm³/mol. The highest BCUT2D eigenvalue weighted by molar-refractivity contribution is 7.89. The maximum Gasteiger partial charge on any atom is 0.257 e. The van der Waals surface area contributed by atoms with E-state index in [1.165, 1.54) is 18.9 Å². The number of nitrogens with zero attached hydrogens (tertiary/aromatic N) is 1. The van der Waals surface area contributed by atoms with E-state index < -0.39 is 10.0 Å². The molecule has 1 atom stereocenters. The van der Waals surface area contributed by atoms with Crippen molar-refractivity contribution in [2.45, 2.75) is 50.6 Å². The van der Waals surface area contributed by atoms with Crippen molar-refractivity contribution in [1.82, 2.24) is 14.7 Å². The van der Waals surface area contributed by atoms with Gasteiger partial charge >= 0.3 is 0 Å². The van der Waals surface area contributed by atoms with Crippen LogP contribution >= 0.6 is 0 Å². The fourth-order valence-electron chi connectivity index (χ4n) is 2.35. The summed E-state index contributed by atoms with van der Waals surface area (Å²) in [7, 11) is -3.46. The molecule has 1 saturated carbocycles. The Labute approximate surface area is 102 Å². The molecule has 0 aliphatic heterocycles. The molecule has 1 aliphatic carbocycles. The van der Waals surface area contributed by atoms with Crippen LogP contribution in [0, 0.1) is 5.41 Å². The van der Waals surface area contributed by atoms with Crippen LogP contribution in [0.1, 0.15) is 39.5 Å². The summed E-state index contributed by atoms with van der Waals surface area (Å²) in [4.78, 5) is 6.38. The molecular formula is C11H19N3O2S. The molecule has 2 rings (SSSR count). The lowest BCUT2D eigenvalue weighted by Gasteiger charge is -2.38. The molecule has 2 N–H and O–H groups in total. The minimum absolute atomic E-state index is 0.00421. The van der Waals surface area contributed by atoms with E-state index in [9.17, 15) is 8.42 Å². The number of aromatic nitrogens is 2. The van der Waals surface area contributed by atoms with E-state index in [0.717, 1.165) is 19.3 Å². The first-order valence-corrected chi connectivity index (χ1v) is 7.41. The van der Waals surface area contributed by atoms with Crippen LogP contribution in [-0.4, -0.2) is 24.4 Å². The number of nitrogens with one attached hydrogen (secondary N) is 2. The topological polar surface area (TPSA) is 74.8 Å². The molecule has 1 fully saturated rings. The number of hydrogen-bond donors (Lipinski definition) is 2. The van der Waals surface area contributed by atoms with Crippen LogP contribution in [-0.2, 0) is 10.0 Å². The van der Waals surface area contributed by atoms with Crippen LogP contribution in [0.4, 0.5) is 0 Å². The van der Waals surface area contributed by atoms with E-state index in [1.54, 1.807) is 0 Å². The molecule has 0 amide bonds. The average Bonchev–Trinajstić information content (AvgIpc) is 2.74. The summed E-state index contributed by atoms with van der Waals surface area (Å²) in [6.45, 7) is 4.23. The van der Waals surface area contributed by atoms with Crippen molar-refractivity contribution in [3.63, 3.8) is 0 Å². The van der Waals surface area contributed by atoms with Crippen molar-refractivity contribution >= 4 is 10.0 Å². The van der Waals surface area contributed by atoms with Gasteiger partial charge in [0.2, 0.25) is 0 Å². The number of rotatable bonds is 3. The molecule has 17 heavy (non-hydrogen) atoms. The molecule has 5 nitrogen and oxygen atoms in total. The maximum atomic E-state index is 12.1. The van der Waals surface area contributed by atoms with Crippen LogP contribution < -0.4 is 4.72 Å². The quantitative estimate of drug-likeness (QED) is 0.864. The Balaban J connectivity index is 2.15.